The second kappa shape index (κ2) is 12.1. The molecule has 32 heavy (non-hydrogen) atoms. The Morgan fingerprint density at radius 3 is 2.31 bits per heavy atom. The van der Waals surface area contributed by atoms with Crippen molar-refractivity contribution in [3.8, 4) is 11.4 Å². The predicted molar refractivity (Wildman–Crippen MR) is 141 cm³/mol. The van der Waals surface area contributed by atoms with Crippen LogP contribution in [0.25, 0.3) is 11.4 Å². The largest absolute Gasteiger partial charge is 0.369 e. The molecular weight excluding hydrogens is 508 g/mol. The van der Waals surface area contributed by atoms with Gasteiger partial charge in [0, 0.05) is 49.0 Å². The first-order valence-electron chi connectivity index (χ1n) is 9.83. The van der Waals surface area contributed by atoms with Crippen LogP contribution >= 0.6 is 60.2 Å². The van der Waals surface area contributed by atoms with E-state index in [0.717, 1.165) is 37.6 Å². The van der Waals surface area contributed by atoms with Crippen molar-refractivity contribution in [3.05, 3.63) is 76.0 Å². The molecule has 10 heteroatoms. The van der Waals surface area contributed by atoms with Crippen LogP contribution in [0.15, 0.2) is 61.2 Å². The number of allylic oxidation sites excluding steroid dienone is 1. The Morgan fingerprint density at radius 1 is 1.00 bits per heavy atom. The molecule has 0 amide bonds. The van der Waals surface area contributed by atoms with E-state index in [1.807, 2.05) is 33.5 Å². The topological polar surface area (TPSA) is 29.2 Å². The summed E-state index contributed by atoms with van der Waals surface area (Å²) in [6.07, 6.45) is 1.81. The number of anilines is 1. The fourth-order valence-electron chi connectivity index (χ4n) is 3.67. The number of para-hydroxylation sites is 1. The van der Waals surface area contributed by atoms with Gasteiger partial charge in [-0.2, -0.15) is 5.10 Å². The van der Waals surface area contributed by atoms with Crippen LogP contribution in [0.1, 0.15) is 0 Å². The van der Waals surface area contributed by atoms with Crippen LogP contribution in [0.5, 0.6) is 0 Å². The van der Waals surface area contributed by atoms with Crippen LogP contribution in [0.4, 0.5) is 5.69 Å². The lowest BCUT2D eigenvalue weighted by atomic mass is 10.2. The quantitative estimate of drug-likeness (QED) is 0.279. The monoisotopic (exact) mass is 531 g/mol. The number of halogens is 4. The highest BCUT2D eigenvalue weighted by Gasteiger charge is 2.20. The normalized spacial score (nSPS) is 13.9. The molecule has 2 heterocycles. The summed E-state index contributed by atoms with van der Waals surface area (Å²) in [5.74, 6) is 0.726. The van der Waals surface area contributed by atoms with Crippen molar-refractivity contribution in [1.82, 2.24) is 19.2 Å². The number of hydrogen-bond donors (Lipinski definition) is 0. The third-order valence-electron chi connectivity index (χ3n) is 5.23. The van der Waals surface area contributed by atoms with E-state index in [9.17, 15) is 0 Å². The lowest BCUT2D eigenvalue weighted by molar-refractivity contribution is 0.194. The molecule has 3 aromatic rings. The molecule has 0 radical (unpaired) electrons. The van der Waals surface area contributed by atoms with E-state index in [1.165, 1.54) is 5.69 Å². The van der Waals surface area contributed by atoms with E-state index in [4.69, 9.17) is 40.5 Å². The second-order valence-corrected chi connectivity index (χ2v) is 8.42. The molecule has 0 atom stereocenters. The van der Waals surface area contributed by atoms with Gasteiger partial charge in [-0.1, -0.05) is 47.5 Å². The molecule has 0 N–H and O–H groups in total. The minimum Gasteiger partial charge on any atom is -0.369 e. The minimum atomic E-state index is 0. The molecule has 0 saturated carbocycles. The second-order valence-electron chi connectivity index (χ2n) is 7.21. The Morgan fingerprint density at radius 2 is 1.69 bits per heavy atom. The Labute approximate surface area is 216 Å². The summed E-state index contributed by atoms with van der Waals surface area (Å²) in [7, 11) is 0. The van der Waals surface area contributed by atoms with Crippen LogP contribution in [-0.4, -0.2) is 45.4 Å². The van der Waals surface area contributed by atoms with Crippen LogP contribution in [0.2, 0.25) is 10.0 Å². The first-order chi connectivity index (χ1) is 14.6. The number of nitrogens with zero attached hydrogens (tertiary/aromatic N) is 5. The highest BCUT2D eigenvalue weighted by molar-refractivity contribution is 7.71. The van der Waals surface area contributed by atoms with Gasteiger partial charge in [-0.05, 0) is 42.5 Å². The predicted octanol–water partition coefficient (Wildman–Crippen LogP) is 6.20. The highest BCUT2D eigenvalue weighted by Crippen LogP contribution is 2.30. The van der Waals surface area contributed by atoms with Crippen molar-refractivity contribution >= 4 is 65.9 Å². The maximum Gasteiger partial charge on any atom is 0.199 e. The summed E-state index contributed by atoms with van der Waals surface area (Å²) in [4.78, 5) is 4.78. The van der Waals surface area contributed by atoms with E-state index >= 15 is 0 Å². The summed E-state index contributed by atoms with van der Waals surface area (Å²) >= 11 is 18.2. The van der Waals surface area contributed by atoms with E-state index < -0.39 is 0 Å². The van der Waals surface area contributed by atoms with Crippen LogP contribution in [0.3, 0.4) is 0 Å². The minimum absolute atomic E-state index is 0. The summed E-state index contributed by atoms with van der Waals surface area (Å²) in [6.45, 7) is 8.90. The van der Waals surface area contributed by atoms with Gasteiger partial charge < -0.3 is 4.90 Å². The van der Waals surface area contributed by atoms with Gasteiger partial charge in [0.25, 0.3) is 0 Å². The molecule has 5 nitrogen and oxygen atoms in total. The molecular formula is C22H25Cl4N5S. The fraction of sp³-hybridized carbons (Fsp3) is 0.273. The van der Waals surface area contributed by atoms with Gasteiger partial charge in [-0.3, -0.25) is 9.47 Å². The van der Waals surface area contributed by atoms with Crippen molar-refractivity contribution < 1.29 is 0 Å². The first kappa shape index (κ1) is 26.7. The van der Waals surface area contributed by atoms with Crippen molar-refractivity contribution in [1.29, 1.82) is 0 Å². The fourth-order valence-corrected chi connectivity index (χ4v) is 4.43. The molecule has 0 spiro atoms. The summed E-state index contributed by atoms with van der Waals surface area (Å²) in [5.41, 5.74) is 2.07. The van der Waals surface area contributed by atoms with Crippen molar-refractivity contribution in [2.45, 2.75) is 13.2 Å². The zero-order valence-corrected chi connectivity index (χ0v) is 21.3. The molecule has 1 fully saturated rings. The van der Waals surface area contributed by atoms with E-state index in [-0.39, 0.29) is 24.8 Å². The SMILES string of the molecule is C=CCn1c(-c2ccc(Cl)cc2Cl)nn(CN2CCN(c3ccccc3)CC2)c1=S.Cl.Cl. The summed E-state index contributed by atoms with van der Waals surface area (Å²) in [6, 6.07) is 15.9. The molecule has 4 rings (SSSR count). The van der Waals surface area contributed by atoms with Crippen molar-refractivity contribution in [2.24, 2.45) is 0 Å². The molecule has 0 unspecified atom stereocenters. The van der Waals surface area contributed by atoms with Gasteiger partial charge in [0.05, 0.1) is 11.7 Å². The Hall–Kier alpha value is -1.54. The van der Waals surface area contributed by atoms with E-state index in [0.29, 0.717) is 28.0 Å². The van der Waals surface area contributed by atoms with E-state index in [1.54, 1.807) is 6.07 Å². The molecule has 1 aromatic heterocycles. The maximum absolute atomic E-state index is 6.44. The Bertz CT molecular complexity index is 1090. The lowest BCUT2D eigenvalue weighted by Crippen LogP contribution is -2.47. The average Bonchev–Trinajstić information content (AvgIpc) is 3.05. The third kappa shape index (κ3) is 5.87. The number of benzene rings is 2. The van der Waals surface area contributed by atoms with Gasteiger partial charge in [-0.15, -0.1) is 31.4 Å². The van der Waals surface area contributed by atoms with Crippen LogP contribution in [-0.2, 0) is 13.2 Å². The van der Waals surface area contributed by atoms with Crippen molar-refractivity contribution in [2.75, 3.05) is 31.1 Å². The zero-order chi connectivity index (χ0) is 21.1. The molecule has 172 valence electrons. The van der Waals surface area contributed by atoms with E-state index in [2.05, 4.69) is 40.6 Å². The molecule has 1 saturated heterocycles. The standard InChI is InChI=1S/C22H23Cl2N5S.2ClH/c1-2-10-28-21(19-9-8-17(23)15-20(19)24)25-29(22(28)30)16-26-11-13-27(14-12-26)18-6-4-3-5-7-18;;/h2-9,15H,1,10-14,16H2;2*1H. The number of rotatable bonds is 6. The molecule has 1 aliphatic rings. The molecule has 2 aromatic carbocycles. The number of aromatic nitrogens is 3. The first-order valence-corrected chi connectivity index (χ1v) is 11.0. The molecule has 1 aliphatic heterocycles. The van der Waals surface area contributed by atoms with Gasteiger partial charge in [0.1, 0.15) is 0 Å². The Balaban J connectivity index is 0.00000181. The summed E-state index contributed by atoms with van der Waals surface area (Å²) in [5, 5.41) is 5.95. The van der Waals surface area contributed by atoms with Gasteiger partial charge in [-0.25, -0.2) is 4.68 Å². The average molecular weight is 533 g/mol. The smallest absolute Gasteiger partial charge is 0.199 e. The van der Waals surface area contributed by atoms with Crippen LogP contribution < -0.4 is 4.90 Å². The molecule has 0 aliphatic carbocycles. The summed E-state index contributed by atoms with van der Waals surface area (Å²) < 4.78 is 4.48. The molecule has 0 bridgehead atoms. The highest BCUT2D eigenvalue weighted by atomic mass is 35.5. The van der Waals surface area contributed by atoms with Gasteiger partial charge in [0.15, 0.2) is 10.6 Å². The van der Waals surface area contributed by atoms with Crippen molar-refractivity contribution in [3.63, 3.8) is 0 Å². The van der Waals surface area contributed by atoms with Gasteiger partial charge in [0.2, 0.25) is 0 Å². The maximum atomic E-state index is 6.44. The van der Waals surface area contributed by atoms with Crippen LogP contribution in [0, 0.1) is 4.77 Å². The number of piperazine rings is 1. The number of hydrogen-bond acceptors (Lipinski definition) is 4. The third-order valence-corrected chi connectivity index (χ3v) is 6.21. The Kier molecular flexibility index (Phi) is 10.1. The zero-order valence-electron chi connectivity index (χ0n) is 17.4. The lowest BCUT2D eigenvalue weighted by Gasteiger charge is -2.35. The van der Waals surface area contributed by atoms with Gasteiger partial charge >= 0.3 is 0 Å².